The van der Waals surface area contributed by atoms with Crippen LogP contribution in [-0.4, -0.2) is 73.6 Å². The zero-order valence-electron chi connectivity index (χ0n) is 15.8. The molecule has 0 aliphatic carbocycles. The van der Waals surface area contributed by atoms with E-state index in [1.165, 1.54) is 0 Å². The Morgan fingerprint density at radius 2 is 2.08 bits per heavy atom. The molecule has 1 N–H and O–H groups in total. The maximum Gasteiger partial charge on any atom is 0.204 e. The molecule has 0 unspecified atom stereocenters. The minimum Gasteiger partial charge on any atom is -0.351 e. The van der Waals surface area contributed by atoms with E-state index in [1.54, 1.807) is 20.9 Å². The van der Waals surface area contributed by atoms with Gasteiger partial charge in [-0.25, -0.2) is 13.4 Å². The zero-order valence-corrected chi connectivity index (χ0v) is 18.9. The Bertz CT molecular complexity index is 726. The molecular formula is C15H29IN6O2S. The van der Waals surface area contributed by atoms with Gasteiger partial charge in [0, 0.05) is 41.3 Å². The lowest BCUT2D eigenvalue weighted by molar-refractivity contribution is 0.353. The van der Waals surface area contributed by atoms with Gasteiger partial charge in [-0.15, -0.1) is 24.0 Å². The molecule has 0 aromatic carbocycles. The fraction of sp³-hybridized carbons (Fsp3) is 0.733. The van der Waals surface area contributed by atoms with Crippen molar-refractivity contribution in [2.24, 2.45) is 12.0 Å². The summed E-state index contributed by atoms with van der Waals surface area (Å²) in [6.07, 6.45) is 1.83. The Morgan fingerprint density at radius 3 is 2.56 bits per heavy atom. The summed E-state index contributed by atoms with van der Waals surface area (Å²) in [6, 6.07) is 0. The lowest BCUT2D eigenvalue weighted by Crippen LogP contribution is -2.57. The molecule has 0 amide bonds. The number of hydrogen-bond acceptors (Lipinski definition) is 5. The second-order valence-corrected chi connectivity index (χ2v) is 9.65. The largest absolute Gasteiger partial charge is 0.351 e. The molecule has 0 radical (unpaired) electrons. The first kappa shape index (κ1) is 22.0. The van der Waals surface area contributed by atoms with E-state index in [-0.39, 0.29) is 29.7 Å². The zero-order chi connectivity index (χ0) is 18.1. The van der Waals surface area contributed by atoms with E-state index < -0.39 is 14.6 Å². The predicted octanol–water partition coefficient (Wildman–Crippen LogP) is 0.688. The van der Waals surface area contributed by atoms with Crippen LogP contribution in [0, 0.1) is 0 Å². The summed E-state index contributed by atoms with van der Waals surface area (Å²) in [5.74, 6) is 1.74. The third kappa shape index (κ3) is 4.57. The van der Waals surface area contributed by atoms with Gasteiger partial charge >= 0.3 is 0 Å². The van der Waals surface area contributed by atoms with Crippen molar-refractivity contribution in [3.63, 3.8) is 0 Å². The molecule has 0 atom stereocenters. The summed E-state index contributed by atoms with van der Waals surface area (Å²) < 4.78 is 25.5. The number of imidazole rings is 1. The molecule has 0 spiro atoms. The highest BCUT2D eigenvalue weighted by Crippen LogP contribution is 2.23. The van der Waals surface area contributed by atoms with Crippen LogP contribution >= 0.6 is 24.0 Å². The number of nitrogens with one attached hydrogen (secondary N) is 1. The van der Waals surface area contributed by atoms with Crippen LogP contribution in [0.15, 0.2) is 11.2 Å². The number of rotatable bonds is 3. The van der Waals surface area contributed by atoms with Crippen LogP contribution < -0.4 is 10.2 Å². The van der Waals surface area contributed by atoms with E-state index in [1.807, 2.05) is 41.7 Å². The van der Waals surface area contributed by atoms with E-state index in [4.69, 9.17) is 0 Å². The molecule has 144 valence electrons. The quantitative estimate of drug-likeness (QED) is 0.386. The molecule has 2 heterocycles. The minimum atomic E-state index is -3.06. The van der Waals surface area contributed by atoms with Crippen LogP contribution in [0.2, 0.25) is 0 Å². The number of nitrogens with zero attached hydrogens (tertiary/aromatic N) is 5. The second kappa shape index (κ2) is 8.11. The highest BCUT2D eigenvalue weighted by atomic mass is 127. The number of aromatic nitrogens is 2. The number of sulfone groups is 1. The SMILES string of the molecule is CN=C(NCc1cnc(N(C)C)n1C)N1CCS(=O)(=O)C(C)(C)C1.I. The first-order valence-electron chi connectivity index (χ1n) is 7.95. The Labute approximate surface area is 167 Å². The summed E-state index contributed by atoms with van der Waals surface area (Å²) in [5, 5.41) is 3.32. The smallest absolute Gasteiger partial charge is 0.204 e. The number of guanidine groups is 1. The standard InChI is InChI=1S/C15H28N6O2S.HI/c1-15(2)11-21(7-8-24(15,22)23)13(16-3)17-9-12-10-18-14(19(4)5)20(12)6;/h10H,7-9,11H2,1-6H3,(H,16,17);1H. The molecule has 1 aromatic rings. The summed E-state index contributed by atoms with van der Waals surface area (Å²) in [7, 11) is 4.53. The summed E-state index contributed by atoms with van der Waals surface area (Å²) in [5.41, 5.74) is 1.03. The Hall–Kier alpha value is -1.04. The monoisotopic (exact) mass is 484 g/mol. The topological polar surface area (TPSA) is 82.8 Å². The van der Waals surface area contributed by atoms with E-state index in [0.29, 0.717) is 25.6 Å². The Kier molecular flexibility index (Phi) is 7.13. The first-order valence-corrected chi connectivity index (χ1v) is 9.60. The van der Waals surface area contributed by atoms with Crippen molar-refractivity contribution in [1.29, 1.82) is 0 Å². The summed E-state index contributed by atoms with van der Waals surface area (Å²) >= 11 is 0. The van der Waals surface area contributed by atoms with Gasteiger partial charge in [0.2, 0.25) is 5.95 Å². The van der Waals surface area contributed by atoms with E-state index in [2.05, 4.69) is 15.3 Å². The normalized spacial score (nSPS) is 19.3. The highest BCUT2D eigenvalue weighted by molar-refractivity contribution is 14.0. The Balaban J connectivity index is 0.00000312. The van der Waals surface area contributed by atoms with Gasteiger partial charge in [-0.05, 0) is 13.8 Å². The highest BCUT2D eigenvalue weighted by Gasteiger charge is 2.40. The van der Waals surface area contributed by atoms with Crippen molar-refractivity contribution < 1.29 is 8.42 Å². The summed E-state index contributed by atoms with van der Waals surface area (Å²) in [4.78, 5) is 12.7. The van der Waals surface area contributed by atoms with Gasteiger partial charge in [0.15, 0.2) is 15.8 Å². The molecule has 25 heavy (non-hydrogen) atoms. The molecular weight excluding hydrogens is 455 g/mol. The van der Waals surface area contributed by atoms with Crippen LogP contribution in [0.4, 0.5) is 5.95 Å². The lowest BCUT2D eigenvalue weighted by atomic mass is 10.2. The van der Waals surface area contributed by atoms with Gasteiger partial charge in [-0.3, -0.25) is 4.99 Å². The van der Waals surface area contributed by atoms with Crippen LogP contribution in [0.5, 0.6) is 0 Å². The fourth-order valence-corrected chi connectivity index (χ4v) is 4.21. The molecule has 1 fully saturated rings. The van der Waals surface area contributed by atoms with E-state index in [9.17, 15) is 8.42 Å². The van der Waals surface area contributed by atoms with Gasteiger partial charge < -0.3 is 19.7 Å². The number of hydrogen-bond donors (Lipinski definition) is 1. The van der Waals surface area contributed by atoms with Crippen LogP contribution in [0.1, 0.15) is 19.5 Å². The molecule has 1 aromatic heterocycles. The van der Waals surface area contributed by atoms with Gasteiger partial charge in [-0.1, -0.05) is 0 Å². The number of aliphatic imine (C=N–C) groups is 1. The predicted molar refractivity (Wildman–Crippen MR) is 113 cm³/mol. The lowest BCUT2D eigenvalue weighted by Gasteiger charge is -2.39. The number of halogens is 1. The average Bonchev–Trinajstić information content (AvgIpc) is 2.85. The molecule has 1 aliphatic heterocycles. The molecule has 8 nitrogen and oxygen atoms in total. The van der Waals surface area contributed by atoms with Crippen LogP contribution in [-0.2, 0) is 23.4 Å². The minimum absolute atomic E-state index is 0. The average molecular weight is 484 g/mol. The van der Waals surface area contributed by atoms with Gasteiger partial charge in [0.25, 0.3) is 0 Å². The third-order valence-corrected chi connectivity index (χ3v) is 6.98. The van der Waals surface area contributed by atoms with Crippen molar-refractivity contribution in [3.05, 3.63) is 11.9 Å². The molecule has 0 saturated carbocycles. The van der Waals surface area contributed by atoms with Gasteiger partial charge in [-0.2, -0.15) is 0 Å². The summed E-state index contributed by atoms with van der Waals surface area (Å²) in [6.45, 7) is 5.01. The molecule has 1 saturated heterocycles. The fourth-order valence-electron chi connectivity index (χ4n) is 2.84. The molecule has 1 aliphatic rings. The first-order chi connectivity index (χ1) is 11.1. The second-order valence-electron chi connectivity index (χ2n) is 6.90. The third-order valence-electron chi connectivity index (χ3n) is 4.44. The van der Waals surface area contributed by atoms with Gasteiger partial charge in [0.05, 0.1) is 28.9 Å². The van der Waals surface area contributed by atoms with Crippen molar-refractivity contribution in [2.75, 3.05) is 44.9 Å². The van der Waals surface area contributed by atoms with Gasteiger partial charge in [0.1, 0.15) is 0 Å². The van der Waals surface area contributed by atoms with Crippen LogP contribution in [0.3, 0.4) is 0 Å². The van der Waals surface area contributed by atoms with E-state index >= 15 is 0 Å². The molecule has 10 heteroatoms. The van der Waals surface area contributed by atoms with E-state index in [0.717, 1.165) is 11.6 Å². The van der Waals surface area contributed by atoms with Crippen LogP contribution in [0.25, 0.3) is 0 Å². The maximum atomic E-state index is 12.1. The molecule has 2 rings (SSSR count). The Morgan fingerprint density at radius 1 is 1.44 bits per heavy atom. The van der Waals surface area contributed by atoms with Crippen molar-refractivity contribution in [3.8, 4) is 0 Å². The maximum absolute atomic E-state index is 12.1. The van der Waals surface area contributed by atoms with Crippen molar-refractivity contribution in [1.82, 2.24) is 19.8 Å². The van der Waals surface area contributed by atoms with Crippen molar-refractivity contribution in [2.45, 2.75) is 25.1 Å². The van der Waals surface area contributed by atoms with Crippen molar-refractivity contribution >= 4 is 45.7 Å². The number of anilines is 1. The molecule has 0 bridgehead atoms.